The third-order valence-electron chi connectivity index (χ3n) is 2.46. The molecular weight excluding hydrogens is 280 g/mol. The fraction of sp³-hybridized carbons (Fsp3) is 0.0588. The van der Waals surface area contributed by atoms with Crippen LogP contribution in [0.1, 0.15) is 27.3 Å². The lowest BCUT2D eigenvalue weighted by molar-refractivity contribution is -0.191. The smallest absolute Gasteiger partial charge is 0.277 e. The molecule has 0 bridgehead atoms. The molecule has 2 rings (SSSR count). The minimum atomic E-state index is -0.312. The third kappa shape index (κ3) is 5.22. The third-order valence-corrected chi connectivity index (χ3v) is 2.46. The Bertz CT molecular complexity index is 800. The second kappa shape index (κ2) is 8.60. The summed E-state index contributed by atoms with van der Waals surface area (Å²) < 4.78 is 0. The van der Waals surface area contributed by atoms with Crippen LogP contribution in [-0.4, -0.2) is 16.9 Å². The molecule has 5 heteroatoms. The van der Waals surface area contributed by atoms with Crippen LogP contribution in [0.15, 0.2) is 42.5 Å². The van der Waals surface area contributed by atoms with E-state index in [0.29, 0.717) is 16.8 Å². The fourth-order valence-electron chi connectivity index (χ4n) is 1.49. The van der Waals surface area contributed by atoms with Crippen molar-refractivity contribution in [2.45, 2.75) is 6.92 Å². The molecule has 2 aromatic rings. The monoisotopic (exact) mass is 290 g/mol. The molecule has 1 aromatic heterocycles. The minimum Gasteiger partial charge on any atom is -0.277 e. The zero-order chi connectivity index (χ0) is 16.4. The van der Waals surface area contributed by atoms with Crippen molar-refractivity contribution in [3.63, 3.8) is 0 Å². The van der Waals surface area contributed by atoms with Crippen LogP contribution in [0.5, 0.6) is 0 Å². The van der Waals surface area contributed by atoms with E-state index in [0.717, 1.165) is 5.69 Å². The van der Waals surface area contributed by atoms with Gasteiger partial charge >= 0.3 is 6.15 Å². The van der Waals surface area contributed by atoms with Crippen LogP contribution in [0.2, 0.25) is 0 Å². The molecule has 1 heterocycles. The highest BCUT2D eigenvalue weighted by Gasteiger charge is 2.02. The summed E-state index contributed by atoms with van der Waals surface area (Å²) in [5, 5.41) is 8.67. The molecule has 0 saturated carbocycles. The Labute approximate surface area is 127 Å². The van der Waals surface area contributed by atoms with Crippen LogP contribution in [0.3, 0.4) is 0 Å². The van der Waals surface area contributed by atoms with Gasteiger partial charge in [-0.2, -0.15) is 14.9 Å². The summed E-state index contributed by atoms with van der Waals surface area (Å²) in [5.74, 6) is 5.00. The number of Topliss-reactive ketones (excluding diaryl/α,β-unsaturated/α-hetero) is 1. The maximum atomic E-state index is 11.8. The summed E-state index contributed by atoms with van der Waals surface area (Å²) in [5.41, 5.74) is 2.39. The lowest BCUT2D eigenvalue weighted by Gasteiger charge is -1.94. The average Bonchev–Trinajstić information content (AvgIpc) is 2.54. The van der Waals surface area contributed by atoms with Crippen LogP contribution in [0, 0.1) is 30.1 Å². The van der Waals surface area contributed by atoms with Gasteiger partial charge in [-0.1, -0.05) is 12.0 Å². The molecule has 1 aromatic carbocycles. The lowest BCUT2D eigenvalue weighted by Crippen LogP contribution is -1.99. The van der Waals surface area contributed by atoms with E-state index in [1.54, 1.807) is 36.4 Å². The van der Waals surface area contributed by atoms with Crippen molar-refractivity contribution in [2.75, 3.05) is 0 Å². The number of hydrogen-bond donors (Lipinski definition) is 0. The predicted octanol–water partition coefficient (Wildman–Crippen LogP) is 1.91. The summed E-state index contributed by atoms with van der Waals surface area (Å²) in [6.45, 7) is 1.82. The molecule has 5 nitrogen and oxygen atoms in total. The second-order valence-corrected chi connectivity index (χ2v) is 4.02. The normalized spacial score (nSPS) is 8.18. The van der Waals surface area contributed by atoms with E-state index in [2.05, 4.69) is 16.8 Å². The molecule has 0 amide bonds. The van der Waals surface area contributed by atoms with E-state index in [4.69, 9.17) is 14.9 Å². The molecule has 106 valence electrons. The first kappa shape index (κ1) is 16.5. The molecule has 22 heavy (non-hydrogen) atoms. The molecule has 0 aliphatic carbocycles. The molecule has 0 unspecified atom stereocenters. The molecule has 0 spiro atoms. The highest BCUT2D eigenvalue weighted by atomic mass is 16.2. The van der Waals surface area contributed by atoms with Gasteiger partial charge in [0.05, 0.1) is 11.6 Å². The van der Waals surface area contributed by atoms with Gasteiger partial charge in [-0.05, 0) is 49.2 Å². The van der Waals surface area contributed by atoms with E-state index < -0.39 is 0 Å². The number of nitriles is 1. The Morgan fingerprint density at radius 2 is 1.64 bits per heavy atom. The van der Waals surface area contributed by atoms with Crippen molar-refractivity contribution in [3.8, 4) is 17.9 Å². The first-order valence-corrected chi connectivity index (χ1v) is 6.10. The van der Waals surface area contributed by atoms with Crippen LogP contribution in [-0.2, 0) is 9.59 Å². The zero-order valence-corrected chi connectivity index (χ0v) is 11.7. The van der Waals surface area contributed by atoms with Gasteiger partial charge < -0.3 is 0 Å². The highest BCUT2D eigenvalue weighted by Crippen LogP contribution is 2.02. The number of aryl methyl sites for hydroxylation is 1. The zero-order valence-electron chi connectivity index (χ0n) is 11.7. The number of aromatic nitrogens is 1. The average molecular weight is 290 g/mol. The summed E-state index contributed by atoms with van der Waals surface area (Å²) >= 11 is 0. The Kier molecular flexibility index (Phi) is 6.46. The number of pyridine rings is 1. The molecule has 0 fully saturated rings. The second-order valence-electron chi connectivity index (χ2n) is 4.02. The number of carbonyl (C=O) groups is 1. The number of ketones is 1. The van der Waals surface area contributed by atoms with Crippen LogP contribution in [0.25, 0.3) is 0 Å². The quantitative estimate of drug-likeness (QED) is 0.591. The van der Waals surface area contributed by atoms with Crippen LogP contribution >= 0.6 is 0 Å². The molecular formula is C17H10N2O3. The van der Waals surface area contributed by atoms with E-state index in [9.17, 15) is 4.79 Å². The van der Waals surface area contributed by atoms with Crippen LogP contribution < -0.4 is 0 Å². The van der Waals surface area contributed by atoms with Crippen molar-refractivity contribution in [1.82, 2.24) is 4.98 Å². The first-order chi connectivity index (χ1) is 10.6. The number of rotatable bonds is 1. The number of carbonyl (C=O) groups excluding carboxylic acids is 3. The van der Waals surface area contributed by atoms with Gasteiger partial charge in [0, 0.05) is 11.3 Å². The maximum absolute atomic E-state index is 11.8. The topological polar surface area (TPSA) is 87.9 Å². The maximum Gasteiger partial charge on any atom is 0.373 e. The predicted molar refractivity (Wildman–Crippen MR) is 76.3 cm³/mol. The Morgan fingerprint density at radius 1 is 1.05 bits per heavy atom. The van der Waals surface area contributed by atoms with E-state index >= 15 is 0 Å². The van der Waals surface area contributed by atoms with Gasteiger partial charge in [0.2, 0.25) is 0 Å². The van der Waals surface area contributed by atoms with Crippen LogP contribution in [0.4, 0.5) is 0 Å². The number of hydrogen-bond acceptors (Lipinski definition) is 5. The molecule has 0 aliphatic rings. The first-order valence-electron chi connectivity index (χ1n) is 6.10. The van der Waals surface area contributed by atoms with Crippen molar-refractivity contribution >= 4 is 11.9 Å². The summed E-state index contributed by atoms with van der Waals surface area (Å²) in [7, 11) is 0. The molecule has 0 N–H and O–H groups in total. The van der Waals surface area contributed by atoms with E-state index in [-0.39, 0.29) is 11.9 Å². The Balaban J connectivity index is 0.000000745. The molecule has 0 aliphatic heterocycles. The fourth-order valence-corrected chi connectivity index (χ4v) is 1.49. The van der Waals surface area contributed by atoms with E-state index in [1.165, 1.54) is 0 Å². The van der Waals surface area contributed by atoms with Crippen molar-refractivity contribution in [2.24, 2.45) is 0 Å². The van der Waals surface area contributed by atoms with Crippen molar-refractivity contribution in [3.05, 3.63) is 65.0 Å². The molecule has 0 atom stereocenters. The summed E-state index contributed by atoms with van der Waals surface area (Å²) in [6.07, 6.45) is 0.250. The van der Waals surface area contributed by atoms with Crippen molar-refractivity contribution in [1.29, 1.82) is 5.26 Å². The van der Waals surface area contributed by atoms with Gasteiger partial charge in [-0.3, -0.25) is 4.79 Å². The largest absolute Gasteiger partial charge is 0.373 e. The van der Waals surface area contributed by atoms with Crippen molar-refractivity contribution < 1.29 is 14.4 Å². The number of nitrogens with zero attached hydrogens (tertiary/aromatic N) is 2. The number of benzene rings is 1. The van der Waals surface area contributed by atoms with Gasteiger partial charge in [0.25, 0.3) is 5.78 Å². The summed E-state index contributed by atoms with van der Waals surface area (Å²) in [4.78, 5) is 32.2. The molecule has 0 radical (unpaired) electrons. The highest BCUT2D eigenvalue weighted by molar-refractivity contribution is 6.08. The van der Waals surface area contributed by atoms with Gasteiger partial charge in [-0.15, -0.1) is 0 Å². The van der Waals surface area contributed by atoms with Gasteiger partial charge in [0.15, 0.2) is 0 Å². The summed E-state index contributed by atoms with van der Waals surface area (Å²) in [6, 6.07) is 14.0. The Hall–Kier alpha value is -3.53. The van der Waals surface area contributed by atoms with Gasteiger partial charge in [0.1, 0.15) is 5.69 Å². The standard InChI is InChI=1S/C16H10N2O.CO2/c1-12-3-2-4-15(18-12)16(19)10-9-13-5-7-14(11-17)8-6-13;2-1-3/h2-8H,1H3;. The molecule has 0 saturated heterocycles. The van der Waals surface area contributed by atoms with Gasteiger partial charge in [-0.25, -0.2) is 4.98 Å². The SMILES string of the molecule is Cc1cccc(C(=O)C#Cc2ccc(C#N)cc2)n1.O=C=O. The Morgan fingerprint density at radius 3 is 2.18 bits per heavy atom. The minimum absolute atomic E-state index is 0.250. The van der Waals surface area contributed by atoms with E-state index in [1.807, 2.05) is 19.1 Å². The lowest BCUT2D eigenvalue weighted by atomic mass is 10.1.